The number of aliphatic hydroxyl groups is 2. The number of halogens is 3. The van der Waals surface area contributed by atoms with E-state index >= 15 is 0 Å². The highest BCUT2D eigenvalue weighted by Crippen LogP contribution is 2.41. The second-order valence-electron chi connectivity index (χ2n) is 7.81. The number of imidazole rings is 1. The molecule has 4 aromatic heterocycles. The number of fused-ring (bicyclic) bond motifs is 3. The standard InChI is InChI=1S/C16H15ClF2N8.C2H6O2S.C2H6/c1-26-24-15(23-25-26)7-2-3-8(4-7)27-6-20-12-11-9(13(17)22-16(12)27)5-10(21-11)14(18)19;1-2(3,4)5;1-2/h5-8,14,21H,2-4H2,1H3;3-5H,1H3;1-2H3. The number of aromatic nitrogens is 8. The molecule has 2 atom stereocenters. The van der Waals surface area contributed by atoms with Crippen molar-refractivity contribution in [2.45, 2.75) is 63.5 Å². The normalized spacial score (nSPS) is 18.2. The third-order valence-electron chi connectivity index (χ3n) is 5.19. The molecule has 2 unspecified atom stereocenters. The Balaban J connectivity index is 0.000000414. The van der Waals surface area contributed by atoms with E-state index < -0.39 is 11.5 Å². The molecular formula is C20H27ClF2N8O2S. The fourth-order valence-corrected chi connectivity index (χ4v) is 4.14. The molecule has 4 heterocycles. The largest absolute Gasteiger partial charge is 0.358 e. The molecule has 5 rings (SSSR count). The van der Waals surface area contributed by atoms with Gasteiger partial charge in [-0.25, -0.2) is 18.7 Å². The first kappa shape index (κ1) is 26.3. The van der Waals surface area contributed by atoms with E-state index in [0.717, 1.165) is 32.0 Å². The lowest BCUT2D eigenvalue weighted by molar-refractivity contribution is -0.0567. The lowest BCUT2D eigenvalue weighted by Crippen LogP contribution is -2.11. The molecule has 1 aliphatic rings. The maximum Gasteiger partial charge on any atom is 0.278 e. The fourth-order valence-electron chi connectivity index (χ4n) is 3.91. The van der Waals surface area contributed by atoms with Crippen LogP contribution in [0.15, 0.2) is 12.4 Å². The maximum atomic E-state index is 13.1. The molecule has 0 bridgehead atoms. The molecule has 4 aromatic rings. The number of rotatable bonds is 3. The van der Waals surface area contributed by atoms with Crippen molar-refractivity contribution in [2.24, 2.45) is 7.05 Å². The Labute approximate surface area is 204 Å². The summed E-state index contributed by atoms with van der Waals surface area (Å²) in [6.07, 6.45) is 1.78. The van der Waals surface area contributed by atoms with Crippen molar-refractivity contribution >= 4 is 46.3 Å². The first-order chi connectivity index (χ1) is 16.0. The molecule has 10 nitrogen and oxygen atoms in total. The number of thiol groups is 1. The van der Waals surface area contributed by atoms with Gasteiger partial charge in [-0.1, -0.05) is 25.4 Å². The van der Waals surface area contributed by atoms with Crippen LogP contribution in [-0.2, 0) is 7.05 Å². The number of tetrazole rings is 1. The van der Waals surface area contributed by atoms with Gasteiger partial charge in [-0.2, -0.15) is 4.80 Å². The summed E-state index contributed by atoms with van der Waals surface area (Å²) < 4.78 is 28.1. The molecule has 0 aliphatic heterocycles. The fraction of sp³-hybridized carbons (Fsp3) is 0.550. The Morgan fingerprint density at radius 1 is 1.29 bits per heavy atom. The molecule has 0 aromatic carbocycles. The monoisotopic (exact) mass is 516 g/mol. The van der Waals surface area contributed by atoms with E-state index in [-0.39, 0.29) is 22.8 Å². The van der Waals surface area contributed by atoms with Gasteiger partial charge in [0.25, 0.3) is 6.43 Å². The molecule has 34 heavy (non-hydrogen) atoms. The summed E-state index contributed by atoms with van der Waals surface area (Å²) in [4.78, 5) is 13.1. The van der Waals surface area contributed by atoms with Gasteiger partial charge in [-0.3, -0.25) is 0 Å². The van der Waals surface area contributed by atoms with Crippen LogP contribution >= 0.6 is 24.2 Å². The minimum Gasteiger partial charge on any atom is -0.358 e. The summed E-state index contributed by atoms with van der Waals surface area (Å²) in [5, 5.41) is 27.0. The van der Waals surface area contributed by atoms with Gasteiger partial charge in [0.05, 0.1) is 24.6 Å². The lowest BCUT2D eigenvalue weighted by atomic mass is 10.1. The first-order valence-electron chi connectivity index (χ1n) is 10.7. The van der Waals surface area contributed by atoms with Crippen molar-refractivity contribution in [2.75, 3.05) is 0 Å². The third-order valence-corrected chi connectivity index (χ3v) is 5.48. The highest BCUT2D eigenvalue weighted by atomic mass is 35.5. The Hall–Kier alpha value is -2.35. The van der Waals surface area contributed by atoms with Gasteiger partial charge >= 0.3 is 0 Å². The van der Waals surface area contributed by atoms with Crippen molar-refractivity contribution in [3.8, 4) is 0 Å². The summed E-state index contributed by atoms with van der Waals surface area (Å²) in [6, 6.07) is 1.49. The number of aryl methyl sites for hydroxylation is 1. The Bertz CT molecular complexity index is 1250. The molecule has 3 N–H and O–H groups in total. The van der Waals surface area contributed by atoms with Crippen molar-refractivity contribution < 1.29 is 19.0 Å². The highest BCUT2D eigenvalue weighted by molar-refractivity contribution is 7.81. The minimum absolute atomic E-state index is 0.161. The number of H-pyrrole nitrogens is 1. The molecule has 0 amide bonds. The molecule has 0 saturated heterocycles. The second-order valence-corrected chi connectivity index (χ2v) is 9.02. The van der Waals surface area contributed by atoms with Gasteiger partial charge in [-0.15, -0.1) is 22.8 Å². The Morgan fingerprint density at radius 3 is 2.56 bits per heavy atom. The van der Waals surface area contributed by atoms with Crippen LogP contribution in [0.4, 0.5) is 8.78 Å². The van der Waals surface area contributed by atoms with E-state index in [1.54, 1.807) is 13.4 Å². The average Bonchev–Trinajstić information content (AvgIpc) is 3.52. The number of aromatic amines is 1. The van der Waals surface area contributed by atoms with E-state index in [0.29, 0.717) is 22.1 Å². The predicted molar refractivity (Wildman–Crippen MR) is 127 cm³/mol. The van der Waals surface area contributed by atoms with Crippen LogP contribution in [0.25, 0.3) is 22.1 Å². The molecule has 0 spiro atoms. The minimum atomic E-state index is -2.61. The van der Waals surface area contributed by atoms with Crippen molar-refractivity contribution in [1.82, 2.24) is 39.7 Å². The third kappa shape index (κ3) is 5.82. The maximum absolute atomic E-state index is 13.1. The number of nitrogens with one attached hydrogen (secondary N) is 1. The number of nitrogens with zero attached hydrogens (tertiary/aromatic N) is 7. The topological polar surface area (TPSA) is 131 Å². The van der Waals surface area contributed by atoms with Crippen LogP contribution in [0.2, 0.25) is 5.15 Å². The summed E-state index contributed by atoms with van der Waals surface area (Å²) in [5.74, 6) is 0.958. The molecule has 0 radical (unpaired) electrons. The second kappa shape index (κ2) is 10.5. The first-order valence-corrected chi connectivity index (χ1v) is 11.6. The van der Waals surface area contributed by atoms with Crippen LogP contribution in [-0.4, -0.2) is 55.1 Å². The number of pyridine rings is 1. The molecule has 1 fully saturated rings. The van der Waals surface area contributed by atoms with Gasteiger partial charge in [0.1, 0.15) is 10.7 Å². The van der Waals surface area contributed by atoms with E-state index in [1.165, 1.54) is 10.9 Å². The number of hydrogen-bond acceptors (Lipinski definition) is 8. The Morgan fingerprint density at radius 2 is 1.97 bits per heavy atom. The van der Waals surface area contributed by atoms with Crippen LogP contribution in [0.5, 0.6) is 0 Å². The highest BCUT2D eigenvalue weighted by Gasteiger charge is 2.31. The van der Waals surface area contributed by atoms with Crippen LogP contribution in [0.1, 0.15) is 69.9 Å². The van der Waals surface area contributed by atoms with E-state index in [2.05, 4.69) is 43.0 Å². The quantitative estimate of drug-likeness (QED) is 0.183. The lowest BCUT2D eigenvalue weighted by Gasteiger charge is -2.12. The average molecular weight is 517 g/mol. The van der Waals surface area contributed by atoms with Gasteiger partial charge < -0.3 is 19.8 Å². The molecule has 14 heteroatoms. The summed E-state index contributed by atoms with van der Waals surface area (Å²) in [6.45, 7) is 5.16. The van der Waals surface area contributed by atoms with Crippen molar-refractivity contribution in [1.29, 1.82) is 0 Å². The molecular weight excluding hydrogens is 490 g/mol. The zero-order valence-corrected chi connectivity index (χ0v) is 20.8. The van der Waals surface area contributed by atoms with E-state index in [4.69, 9.17) is 21.8 Å². The van der Waals surface area contributed by atoms with Crippen LogP contribution in [0.3, 0.4) is 0 Å². The molecule has 186 valence electrons. The summed E-state index contributed by atoms with van der Waals surface area (Å²) in [7, 11) is 1.74. The number of alkyl halides is 2. The number of hydrogen-bond donors (Lipinski definition) is 4. The zero-order valence-electron chi connectivity index (χ0n) is 19.1. The smallest absolute Gasteiger partial charge is 0.278 e. The SMILES string of the molecule is CC.CC(O)(O)S.Cn1nnc(C2CCC(n3cnc4c5[nH]c(C(F)F)cc5c(Cl)nc43)C2)n1. The molecule has 1 aliphatic carbocycles. The summed E-state index contributed by atoms with van der Waals surface area (Å²) in [5.41, 5.74) is 1.44. The zero-order chi connectivity index (χ0) is 25.2. The molecule has 1 saturated carbocycles. The van der Waals surface area contributed by atoms with Gasteiger partial charge in [0, 0.05) is 17.3 Å². The summed E-state index contributed by atoms with van der Waals surface area (Å²) >= 11 is 9.50. The van der Waals surface area contributed by atoms with Gasteiger partial charge in [0.2, 0.25) is 5.12 Å². The van der Waals surface area contributed by atoms with E-state index in [9.17, 15) is 8.78 Å². The van der Waals surface area contributed by atoms with Gasteiger partial charge in [-0.05, 0) is 37.5 Å². The van der Waals surface area contributed by atoms with Crippen LogP contribution < -0.4 is 0 Å². The Kier molecular flexibility index (Phi) is 8.11. The van der Waals surface area contributed by atoms with Gasteiger partial charge in [0.15, 0.2) is 11.5 Å². The van der Waals surface area contributed by atoms with Crippen molar-refractivity contribution in [3.05, 3.63) is 29.1 Å². The van der Waals surface area contributed by atoms with E-state index in [1.807, 2.05) is 18.4 Å². The van der Waals surface area contributed by atoms with Crippen molar-refractivity contribution in [3.63, 3.8) is 0 Å². The van der Waals surface area contributed by atoms with Crippen LogP contribution in [0, 0.1) is 0 Å². The predicted octanol–water partition coefficient (Wildman–Crippen LogP) is 4.14.